The molecule has 0 bridgehead atoms. The lowest BCUT2D eigenvalue weighted by atomic mass is 10.1. The standard InChI is InChI=1S/C18H16N2O3/c1-13-2-6-15(7-3-13)19-12-17-10-11-18(23-17)14-4-8-16(9-5-14)20(21)22/h2-11,19H,12H2,1H3. The number of hydrogen-bond donors (Lipinski definition) is 1. The molecule has 5 nitrogen and oxygen atoms in total. The third kappa shape index (κ3) is 3.58. The first-order valence-electron chi connectivity index (χ1n) is 7.26. The zero-order valence-corrected chi connectivity index (χ0v) is 12.7. The smallest absolute Gasteiger partial charge is 0.269 e. The van der Waals surface area contributed by atoms with Crippen LogP contribution in [0.4, 0.5) is 11.4 Å². The van der Waals surface area contributed by atoms with Gasteiger partial charge in [-0.2, -0.15) is 0 Å². The fraction of sp³-hybridized carbons (Fsp3) is 0.111. The van der Waals surface area contributed by atoms with Crippen LogP contribution in [0.2, 0.25) is 0 Å². The molecule has 0 aliphatic heterocycles. The summed E-state index contributed by atoms with van der Waals surface area (Å²) in [4.78, 5) is 10.3. The van der Waals surface area contributed by atoms with Crippen molar-refractivity contribution in [1.82, 2.24) is 0 Å². The van der Waals surface area contributed by atoms with Gasteiger partial charge in [-0.1, -0.05) is 17.7 Å². The second-order valence-corrected chi connectivity index (χ2v) is 5.29. The summed E-state index contributed by atoms with van der Waals surface area (Å²) in [6.07, 6.45) is 0. The van der Waals surface area contributed by atoms with Crippen molar-refractivity contribution in [3.63, 3.8) is 0 Å². The Morgan fingerprint density at radius 3 is 2.35 bits per heavy atom. The highest BCUT2D eigenvalue weighted by Gasteiger charge is 2.08. The van der Waals surface area contributed by atoms with Crippen LogP contribution in [-0.4, -0.2) is 4.92 Å². The second-order valence-electron chi connectivity index (χ2n) is 5.29. The van der Waals surface area contributed by atoms with Gasteiger partial charge in [0, 0.05) is 23.4 Å². The van der Waals surface area contributed by atoms with Crippen LogP contribution in [0.15, 0.2) is 65.1 Å². The van der Waals surface area contributed by atoms with E-state index >= 15 is 0 Å². The van der Waals surface area contributed by atoms with Gasteiger partial charge in [-0.3, -0.25) is 10.1 Å². The van der Waals surface area contributed by atoms with Crippen molar-refractivity contribution in [3.8, 4) is 11.3 Å². The molecule has 116 valence electrons. The summed E-state index contributed by atoms with van der Waals surface area (Å²) in [5.74, 6) is 1.50. The normalized spacial score (nSPS) is 10.5. The maximum Gasteiger partial charge on any atom is 0.269 e. The number of nitrogens with zero attached hydrogens (tertiary/aromatic N) is 1. The predicted molar refractivity (Wildman–Crippen MR) is 89.3 cm³/mol. The van der Waals surface area contributed by atoms with Gasteiger partial charge < -0.3 is 9.73 Å². The molecule has 0 aliphatic carbocycles. The van der Waals surface area contributed by atoms with Crippen molar-refractivity contribution in [2.75, 3.05) is 5.32 Å². The minimum Gasteiger partial charge on any atom is -0.459 e. The van der Waals surface area contributed by atoms with Crippen LogP contribution >= 0.6 is 0 Å². The summed E-state index contributed by atoms with van der Waals surface area (Å²) in [5, 5.41) is 14.0. The molecule has 1 N–H and O–H groups in total. The molecule has 5 heteroatoms. The fourth-order valence-electron chi connectivity index (χ4n) is 2.24. The Kier molecular flexibility index (Phi) is 4.10. The first-order valence-corrected chi connectivity index (χ1v) is 7.26. The molecule has 3 aromatic rings. The molecule has 0 saturated carbocycles. The summed E-state index contributed by atoms with van der Waals surface area (Å²) in [7, 11) is 0. The van der Waals surface area contributed by atoms with Crippen LogP contribution in [-0.2, 0) is 6.54 Å². The van der Waals surface area contributed by atoms with E-state index in [1.807, 2.05) is 43.3 Å². The van der Waals surface area contributed by atoms with Crippen molar-refractivity contribution in [2.24, 2.45) is 0 Å². The number of rotatable bonds is 5. The summed E-state index contributed by atoms with van der Waals surface area (Å²) in [6, 6.07) is 18.2. The van der Waals surface area contributed by atoms with Crippen molar-refractivity contribution in [1.29, 1.82) is 0 Å². The molecule has 0 unspecified atom stereocenters. The lowest BCUT2D eigenvalue weighted by molar-refractivity contribution is -0.384. The highest BCUT2D eigenvalue weighted by Crippen LogP contribution is 2.25. The molecule has 0 atom stereocenters. The Morgan fingerprint density at radius 2 is 1.70 bits per heavy atom. The van der Waals surface area contributed by atoms with E-state index in [9.17, 15) is 10.1 Å². The number of nitro groups is 1. The minimum absolute atomic E-state index is 0.0709. The molecular formula is C18H16N2O3. The quantitative estimate of drug-likeness (QED) is 0.544. The van der Waals surface area contributed by atoms with Gasteiger partial charge in [-0.25, -0.2) is 0 Å². The summed E-state index contributed by atoms with van der Waals surface area (Å²) in [5.41, 5.74) is 3.14. The van der Waals surface area contributed by atoms with Crippen LogP contribution < -0.4 is 5.32 Å². The average Bonchev–Trinajstić information content (AvgIpc) is 3.03. The van der Waals surface area contributed by atoms with E-state index in [4.69, 9.17) is 4.42 Å². The van der Waals surface area contributed by atoms with Gasteiger partial charge in [-0.05, 0) is 43.3 Å². The Labute approximate surface area is 133 Å². The first kappa shape index (κ1) is 14.8. The van der Waals surface area contributed by atoms with Gasteiger partial charge in [0.25, 0.3) is 5.69 Å². The van der Waals surface area contributed by atoms with E-state index in [1.54, 1.807) is 12.1 Å². The van der Waals surface area contributed by atoms with Gasteiger partial charge in [-0.15, -0.1) is 0 Å². The summed E-state index contributed by atoms with van der Waals surface area (Å²) >= 11 is 0. The second kappa shape index (κ2) is 6.36. The maximum absolute atomic E-state index is 10.7. The van der Waals surface area contributed by atoms with E-state index in [2.05, 4.69) is 5.32 Å². The molecule has 23 heavy (non-hydrogen) atoms. The molecular weight excluding hydrogens is 292 g/mol. The van der Waals surface area contributed by atoms with E-state index in [-0.39, 0.29) is 5.69 Å². The van der Waals surface area contributed by atoms with E-state index in [0.717, 1.165) is 17.0 Å². The number of aryl methyl sites for hydroxylation is 1. The largest absolute Gasteiger partial charge is 0.459 e. The monoisotopic (exact) mass is 308 g/mol. The van der Waals surface area contributed by atoms with Gasteiger partial charge in [0.1, 0.15) is 11.5 Å². The third-order valence-corrected chi connectivity index (χ3v) is 3.54. The lowest BCUT2D eigenvalue weighted by Crippen LogP contribution is -1.97. The zero-order chi connectivity index (χ0) is 16.2. The fourth-order valence-corrected chi connectivity index (χ4v) is 2.24. The molecule has 0 amide bonds. The van der Waals surface area contributed by atoms with Crippen molar-refractivity contribution in [2.45, 2.75) is 13.5 Å². The predicted octanol–water partition coefficient (Wildman–Crippen LogP) is 4.78. The molecule has 0 aliphatic rings. The molecule has 2 aromatic carbocycles. The number of nitrogens with one attached hydrogen (secondary N) is 1. The van der Waals surface area contributed by atoms with Crippen LogP contribution in [0, 0.1) is 17.0 Å². The summed E-state index contributed by atoms with van der Waals surface area (Å²) in [6.45, 7) is 2.63. The van der Waals surface area contributed by atoms with E-state index in [1.165, 1.54) is 17.7 Å². The zero-order valence-electron chi connectivity index (χ0n) is 12.7. The van der Waals surface area contributed by atoms with Crippen LogP contribution in [0.3, 0.4) is 0 Å². The molecule has 1 aromatic heterocycles. The highest BCUT2D eigenvalue weighted by atomic mass is 16.6. The maximum atomic E-state index is 10.7. The van der Waals surface area contributed by atoms with Crippen LogP contribution in [0.25, 0.3) is 11.3 Å². The Bertz CT molecular complexity index is 805. The average molecular weight is 308 g/mol. The van der Waals surface area contributed by atoms with Crippen molar-refractivity contribution < 1.29 is 9.34 Å². The molecule has 1 heterocycles. The molecule has 3 rings (SSSR count). The molecule has 0 radical (unpaired) electrons. The summed E-state index contributed by atoms with van der Waals surface area (Å²) < 4.78 is 5.78. The van der Waals surface area contributed by atoms with Crippen molar-refractivity contribution >= 4 is 11.4 Å². The van der Waals surface area contributed by atoms with Gasteiger partial charge >= 0.3 is 0 Å². The highest BCUT2D eigenvalue weighted by molar-refractivity contribution is 5.59. The van der Waals surface area contributed by atoms with E-state index < -0.39 is 4.92 Å². The third-order valence-electron chi connectivity index (χ3n) is 3.54. The Morgan fingerprint density at radius 1 is 1.00 bits per heavy atom. The minimum atomic E-state index is -0.414. The molecule has 0 spiro atoms. The number of hydrogen-bond acceptors (Lipinski definition) is 4. The van der Waals surface area contributed by atoms with Gasteiger partial charge in [0.15, 0.2) is 0 Å². The lowest BCUT2D eigenvalue weighted by Gasteiger charge is -2.04. The number of non-ortho nitro benzene ring substituents is 1. The van der Waals surface area contributed by atoms with Gasteiger partial charge in [0.05, 0.1) is 11.5 Å². The number of furan rings is 1. The van der Waals surface area contributed by atoms with Crippen LogP contribution in [0.1, 0.15) is 11.3 Å². The number of anilines is 1. The molecule has 0 fully saturated rings. The molecule has 0 saturated heterocycles. The van der Waals surface area contributed by atoms with Gasteiger partial charge in [0.2, 0.25) is 0 Å². The van der Waals surface area contributed by atoms with Crippen molar-refractivity contribution in [3.05, 3.63) is 82.1 Å². The Balaban J connectivity index is 1.67. The number of benzene rings is 2. The SMILES string of the molecule is Cc1ccc(NCc2ccc(-c3ccc([N+](=O)[O-])cc3)o2)cc1. The first-order chi connectivity index (χ1) is 11.1. The van der Waals surface area contributed by atoms with Crippen LogP contribution in [0.5, 0.6) is 0 Å². The topological polar surface area (TPSA) is 68.3 Å². The Hall–Kier alpha value is -3.08. The van der Waals surface area contributed by atoms with E-state index in [0.29, 0.717) is 12.3 Å². The number of nitro benzene ring substituents is 1.